The third-order valence-corrected chi connectivity index (χ3v) is 5.31. The standard InChI is InChI=1S/C15H21NO2S/c1-11(17)15-8-12(10-19-15)9-16-6-7-18-14-5-3-2-4-13(14)16/h8,10,13-14H,2-7,9H2,1H3/t13-,14-/m1/s1. The fourth-order valence-corrected chi connectivity index (χ4v) is 4.06. The fourth-order valence-electron chi connectivity index (χ4n) is 3.25. The van der Waals surface area contributed by atoms with Gasteiger partial charge in [-0.25, -0.2) is 0 Å². The molecule has 1 aromatic heterocycles. The number of rotatable bonds is 3. The SMILES string of the molecule is CC(=O)c1cc(CN2CCO[C@@H]3CCCC[C@H]32)cs1. The zero-order valence-electron chi connectivity index (χ0n) is 11.4. The Morgan fingerprint density at radius 2 is 2.32 bits per heavy atom. The maximum Gasteiger partial charge on any atom is 0.169 e. The summed E-state index contributed by atoms with van der Waals surface area (Å²) in [7, 11) is 0. The molecule has 0 aromatic carbocycles. The molecule has 2 atom stereocenters. The fraction of sp³-hybridized carbons (Fsp3) is 0.667. The number of hydrogen-bond acceptors (Lipinski definition) is 4. The first-order valence-electron chi connectivity index (χ1n) is 7.18. The van der Waals surface area contributed by atoms with Gasteiger partial charge >= 0.3 is 0 Å². The van der Waals surface area contributed by atoms with E-state index in [1.807, 2.05) is 0 Å². The van der Waals surface area contributed by atoms with Gasteiger partial charge in [0.25, 0.3) is 0 Å². The van der Waals surface area contributed by atoms with Gasteiger partial charge < -0.3 is 4.74 Å². The van der Waals surface area contributed by atoms with Gasteiger partial charge in [0.05, 0.1) is 17.6 Å². The Kier molecular flexibility index (Phi) is 4.01. The molecule has 0 radical (unpaired) electrons. The average molecular weight is 279 g/mol. The molecular weight excluding hydrogens is 258 g/mol. The van der Waals surface area contributed by atoms with E-state index < -0.39 is 0 Å². The van der Waals surface area contributed by atoms with Crippen LogP contribution in [-0.4, -0.2) is 36.0 Å². The van der Waals surface area contributed by atoms with Crippen LogP contribution < -0.4 is 0 Å². The second-order valence-electron chi connectivity index (χ2n) is 5.61. The van der Waals surface area contributed by atoms with Crippen LogP contribution in [0.25, 0.3) is 0 Å². The molecule has 0 spiro atoms. The summed E-state index contributed by atoms with van der Waals surface area (Å²) < 4.78 is 5.90. The molecule has 1 saturated carbocycles. The Bertz CT molecular complexity index is 455. The van der Waals surface area contributed by atoms with Gasteiger partial charge in [0.1, 0.15) is 0 Å². The lowest BCUT2D eigenvalue weighted by Crippen LogP contribution is -2.52. The van der Waals surface area contributed by atoms with Crippen molar-refractivity contribution in [3.63, 3.8) is 0 Å². The van der Waals surface area contributed by atoms with Gasteiger partial charge in [-0.3, -0.25) is 9.69 Å². The van der Waals surface area contributed by atoms with E-state index in [1.165, 1.54) is 31.2 Å². The molecule has 0 unspecified atom stereocenters. The van der Waals surface area contributed by atoms with Crippen LogP contribution >= 0.6 is 11.3 Å². The van der Waals surface area contributed by atoms with Gasteiger partial charge in [0, 0.05) is 19.1 Å². The molecule has 1 aliphatic carbocycles. The Morgan fingerprint density at radius 1 is 1.47 bits per heavy atom. The van der Waals surface area contributed by atoms with E-state index in [-0.39, 0.29) is 5.78 Å². The minimum absolute atomic E-state index is 0.175. The van der Waals surface area contributed by atoms with E-state index in [9.17, 15) is 4.79 Å². The maximum absolute atomic E-state index is 11.4. The summed E-state index contributed by atoms with van der Waals surface area (Å²) in [5.74, 6) is 0.175. The number of ether oxygens (including phenoxy) is 1. The molecule has 4 heteroatoms. The van der Waals surface area contributed by atoms with Crippen LogP contribution in [0.1, 0.15) is 47.8 Å². The predicted molar refractivity (Wildman–Crippen MR) is 76.7 cm³/mol. The van der Waals surface area contributed by atoms with Crippen molar-refractivity contribution in [3.8, 4) is 0 Å². The van der Waals surface area contributed by atoms with E-state index in [4.69, 9.17) is 4.74 Å². The van der Waals surface area contributed by atoms with Gasteiger partial charge in [0.2, 0.25) is 0 Å². The number of carbonyl (C=O) groups is 1. The smallest absolute Gasteiger partial charge is 0.169 e. The van der Waals surface area contributed by atoms with Gasteiger partial charge in [-0.15, -0.1) is 11.3 Å². The van der Waals surface area contributed by atoms with Crippen molar-refractivity contribution >= 4 is 17.1 Å². The zero-order valence-corrected chi connectivity index (χ0v) is 12.2. The summed E-state index contributed by atoms with van der Waals surface area (Å²) in [6.45, 7) is 4.48. The first-order chi connectivity index (χ1) is 9.24. The van der Waals surface area contributed by atoms with Gasteiger partial charge in [-0.05, 0) is 36.8 Å². The van der Waals surface area contributed by atoms with Crippen molar-refractivity contribution < 1.29 is 9.53 Å². The van der Waals surface area contributed by atoms with Gasteiger partial charge in [-0.2, -0.15) is 0 Å². The Balaban J connectivity index is 1.68. The summed E-state index contributed by atoms with van der Waals surface area (Å²) in [5, 5.41) is 2.13. The lowest BCUT2D eigenvalue weighted by Gasteiger charge is -2.43. The number of fused-ring (bicyclic) bond motifs is 1. The number of thiophene rings is 1. The minimum atomic E-state index is 0.175. The van der Waals surface area contributed by atoms with Gasteiger partial charge in [0.15, 0.2) is 5.78 Å². The second kappa shape index (κ2) is 5.73. The molecule has 2 heterocycles. The summed E-state index contributed by atoms with van der Waals surface area (Å²) in [4.78, 5) is 14.8. The van der Waals surface area contributed by atoms with E-state index in [1.54, 1.807) is 18.3 Å². The number of hydrogen-bond donors (Lipinski definition) is 0. The number of ketones is 1. The Hall–Kier alpha value is -0.710. The molecule has 0 bridgehead atoms. The monoisotopic (exact) mass is 279 g/mol. The highest BCUT2D eigenvalue weighted by Gasteiger charge is 2.34. The van der Waals surface area contributed by atoms with Crippen molar-refractivity contribution in [2.75, 3.05) is 13.2 Å². The Morgan fingerprint density at radius 3 is 3.11 bits per heavy atom. The molecule has 104 valence electrons. The summed E-state index contributed by atoms with van der Waals surface area (Å²) in [6, 6.07) is 2.64. The number of Topliss-reactive ketones (excluding diaryl/α,β-unsaturated/α-hetero) is 1. The van der Waals surface area contributed by atoms with Crippen LogP contribution in [0.5, 0.6) is 0 Å². The quantitative estimate of drug-likeness (QED) is 0.796. The van der Waals surface area contributed by atoms with Gasteiger partial charge in [-0.1, -0.05) is 12.8 Å². The molecule has 1 aliphatic heterocycles. The second-order valence-corrected chi connectivity index (χ2v) is 6.52. The summed E-state index contributed by atoms with van der Waals surface area (Å²) in [6.07, 6.45) is 5.54. The maximum atomic E-state index is 11.4. The van der Waals surface area contributed by atoms with Crippen molar-refractivity contribution in [1.29, 1.82) is 0 Å². The summed E-state index contributed by atoms with van der Waals surface area (Å²) in [5.41, 5.74) is 1.28. The van der Waals surface area contributed by atoms with Crippen LogP contribution in [0.2, 0.25) is 0 Å². The largest absolute Gasteiger partial charge is 0.375 e. The van der Waals surface area contributed by atoms with Crippen LogP contribution in [0.3, 0.4) is 0 Å². The lowest BCUT2D eigenvalue weighted by molar-refractivity contribution is -0.0910. The van der Waals surface area contributed by atoms with Crippen LogP contribution in [-0.2, 0) is 11.3 Å². The average Bonchev–Trinajstić information content (AvgIpc) is 2.88. The lowest BCUT2D eigenvalue weighted by atomic mass is 9.90. The third-order valence-electron chi connectivity index (χ3n) is 4.23. The van der Waals surface area contributed by atoms with Crippen molar-refractivity contribution in [2.24, 2.45) is 0 Å². The topological polar surface area (TPSA) is 29.5 Å². The third kappa shape index (κ3) is 2.91. The highest BCUT2D eigenvalue weighted by atomic mass is 32.1. The first kappa shape index (κ1) is 13.3. The predicted octanol–water partition coefficient (Wildman–Crippen LogP) is 3.09. The highest BCUT2D eigenvalue weighted by molar-refractivity contribution is 7.12. The molecule has 0 amide bonds. The van der Waals surface area contributed by atoms with Crippen molar-refractivity contribution in [1.82, 2.24) is 4.90 Å². The molecule has 2 aliphatic rings. The molecule has 1 aromatic rings. The highest BCUT2D eigenvalue weighted by Crippen LogP contribution is 2.30. The van der Waals surface area contributed by atoms with Crippen LogP contribution in [0, 0.1) is 0 Å². The molecule has 1 saturated heterocycles. The van der Waals surface area contributed by atoms with E-state index in [0.29, 0.717) is 12.1 Å². The van der Waals surface area contributed by atoms with E-state index in [0.717, 1.165) is 24.6 Å². The Labute approximate surface area is 118 Å². The number of morpholine rings is 1. The molecule has 19 heavy (non-hydrogen) atoms. The number of carbonyl (C=O) groups excluding carboxylic acids is 1. The van der Waals surface area contributed by atoms with Crippen molar-refractivity contribution in [2.45, 2.75) is 51.3 Å². The minimum Gasteiger partial charge on any atom is -0.375 e. The molecule has 3 nitrogen and oxygen atoms in total. The molecular formula is C15H21NO2S. The molecule has 3 rings (SSSR count). The molecule has 2 fully saturated rings. The van der Waals surface area contributed by atoms with Crippen molar-refractivity contribution in [3.05, 3.63) is 21.9 Å². The molecule has 0 N–H and O–H groups in total. The van der Waals surface area contributed by atoms with Crippen LogP contribution in [0.15, 0.2) is 11.4 Å². The first-order valence-corrected chi connectivity index (χ1v) is 8.06. The van der Waals surface area contributed by atoms with E-state index >= 15 is 0 Å². The van der Waals surface area contributed by atoms with E-state index in [2.05, 4.69) is 16.3 Å². The normalized spacial score (nSPS) is 28.1. The summed E-state index contributed by atoms with van der Waals surface area (Å²) >= 11 is 1.57. The number of nitrogens with zero attached hydrogens (tertiary/aromatic N) is 1. The van der Waals surface area contributed by atoms with Crippen LogP contribution in [0.4, 0.5) is 0 Å². The zero-order chi connectivity index (χ0) is 13.2.